The highest BCUT2D eigenvalue weighted by molar-refractivity contribution is 6.32. The largest absolute Gasteiger partial charge is 0.479 e. The van der Waals surface area contributed by atoms with E-state index in [1.807, 2.05) is 0 Å². The Morgan fingerprint density at radius 3 is 2.75 bits per heavy atom. The van der Waals surface area contributed by atoms with Crippen molar-refractivity contribution in [2.24, 2.45) is 0 Å². The fraction of sp³-hybridized carbons (Fsp3) is 0.364. The molecule has 3 nitrogen and oxygen atoms in total. The van der Waals surface area contributed by atoms with Crippen molar-refractivity contribution in [3.63, 3.8) is 0 Å². The van der Waals surface area contributed by atoms with Crippen LogP contribution in [0.15, 0.2) is 18.2 Å². The first-order valence-corrected chi connectivity index (χ1v) is 5.59. The fourth-order valence-electron chi connectivity index (χ4n) is 1.18. The molecule has 16 heavy (non-hydrogen) atoms. The van der Waals surface area contributed by atoms with Gasteiger partial charge in [-0.15, -0.1) is 11.6 Å². The summed E-state index contributed by atoms with van der Waals surface area (Å²) in [5.41, 5.74) is 0.668. The van der Waals surface area contributed by atoms with E-state index >= 15 is 0 Å². The molecule has 88 valence electrons. The van der Waals surface area contributed by atoms with Gasteiger partial charge in [0.25, 0.3) is 0 Å². The molecule has 0 radical (unpaired) electrons. The number of rotatable bonds is 4. The summed E-state index contributed by atoms with van der Waals surface area (Å²) < 4.78 is 9.98. The number of halogens is 2. The third kappa shape index (κ3) is 3.03. The lowest BCUT2D eigenvalue weighted by molar-refractivity contribution is -0.147. The first-order chi connectivity index (χ1) is 7.60. The molecule has 1 aromatic carbocycles. The number of carbonyl (C=O) groups is 1. The Balaban J connectivity index is 2.88. The summed E-state index contributed by atoms with van der Waals surface area (Å²) in [4.78, 5) is 11.2. The maximum atomic E-state index is 11.2. The van der Waals surface area contributed by atoms with E-state index in [1.54, 1.807) is 25.1 Å². The molecule has 0 aliphatic rings. The molecule has 0 aliphatic heterocycles. The zero-order chi connectivity index (χ0) is 12.1. The van der Waals surface area contributed by atoms with Crippen LogP contribution in [0.5, 0.6) is 5.75 Å². The first kappa shape index (κ1) is 13.1. The lowest BCUT2D eigenvalue weighted by Gasteiger charge is -2.15. The SMILES string of the molecule is COC(=O)C(C)Oc1cccc(Cl)c1CCl. The van der Waals surface area contributed by atoms with E-state index in [0.29, 0.717) is 16.3 Å². The molecule has 5 heteroatoms. The zero-order valence-electron chi connectivity index (χ0n) is 9.00. The number of ether oxygens (including phenoxy) is 2. The van der Waals surface area contributed by atoms with Crippen molar-refractivity contribution in [3.8, 4) is 5.75 Å². The van der Waals surface area contributed by atoms with Crippen LogP contribution in [-0.2, 0) is 15.4 Å². The molecule has 0 bridgehead atoms. The van der Waals surface area contributed by atoms with Crippen LogP contribution >= 0.6 is 23.2 Å². The Morgan fingerprint density at radius 1 is 1.50 bits per heavy atom. The van der Waals surface area contributed by atoms with Crippen LogP contribution in [0.2, 0.25) is 5.02 Å². The van der Waals surface area contributed by atoms with Gasteiger partial charge in [-0.05, 0) is 19.1 Å². The van der Waals surface area contributed by atoms with Gasteiger partial charge in [-0.3, -0.25) is 0 Å². The Morgan fingerprint density at radius 2 is 2.19 bits per heavy atom. The van der Waals surface area contributed by atoms with Crippen LogP contribution in [-0.4, -0.2) is 19.2 Å². The normalized spacial score (nSPS) is 12.0. The molecule has 0 saturated heterocycles. The van der Waals surface area contributed by atoms with Gasteiger partial charge < -0.3 is 9.47 Å². The number of hydrogen-bond donors (Lipinski definition) is 0. The van der Waals surface area contributed by atoms with Crippen molar-refractivity contribution < 1.29 is 14.3 Å². The smallest absolute Gasteiger partial charge is 0.346 e. The molecule has 0 saturated carbocycles. The molecule has 0 spiro atoms. The van der Waals surface area contributed by atoms with Gasteiger partial charge in [-0.25, -0.2) is 4.79 Å². The molecule has 1 atom stereocenters. The van der Waals surface area contributed by atoms with Gasteiger partial charge in [0.05, 0.1) is 13.0 Å². The number of carbonyl (C=O) groups excluding carboxylic acids is 1. The summed E-state index contributed by atoms with van der Waals surface area (Å²) >= 11 is 11.7. The quantitative estimate of drug-likeness (QED) is 0.618. The average molecular weight is 263 g/mol. The van der Waals surface area contributed by atoms with E-state index in [2.05, 4.69) is 4.74 Å². The minimum Gasteiger partial charge on any atom is -0.479 e. The van der Waals surface area contributed by atoms with Crippen molar-refractivity contribution in [3.05, 3.63) is 28.8 Å². The second-order valence-corrected chi connectivity index (χ2v) is 3.81. The molecule has 0 N–H and O–H groups in total. The molecule has 1 unspecified atom stereocenters. The molecule has 0 fully saturated rings. The molecular weight excluding hydrogens is 251 g/mol. The van der Waals surface area contributed by atoms with Gasteiger partial charge >= 0.3 is 5.97 Å². The number of methoxy groups -OCH3 is 1. The van der Waals surface area contributed by atoms with E-state index in [9.17, 15) is 4.79 Å². The van der Waals surface area contributed by atoms with Gasteiger partial charge in [0, 0.05) is 10.6 Å². The van der Waals surface area contributed by atoms with Crippen LogP contribution < -0.4 is 4.74 Å². The van der Waals surface area contributed by atoms with Crippen LogP contribution in [0.4, 0.5) is 0 Å². The van der Waals surface area contributed by atoms with Crippen molar-refractivity contribution >= 4 is 29.2 Å². The summed E-state index contributed by atoms with van der Waals surface area (Å²) in [6.45, 7) is 1.60. The van der Waals surface area contributed by atoms with Gasteiger partial charge in [-0.2, -0.15) is 0 Å². The number of alkyl halides is 1. The molecular formula is C11H12Cl2O3. The van der Waals surface area contributed by atoms with E-state index in [-0.39, 0.29) is 5.88 Å². The summed E-state index contributed by atoms with van der Waals surface area (Å²) in [6.07, 6.45) is -0.689. The monoisotopic (exact) mass is 262 g/mol. The van der Waals surface area contributed by atoms with E-state index < -0.39 is 12.1 Å². The maximum absolute atomic E-state index is 11.2. The number of esters is 1. The van der Waals surface area contributed by atoms with Crippen molar-refractivity contribution in [1.82, 2.24) is 0 Å². The van der Waals surface area contributed by atoms with Crippen LogP contribution in [0.3, 0.4) is 0 Å². The van der Waals surface area contributed by atoms with E-state index in [0.717, 1.165) is 0 Å². The Kier molecular flexibility index (Phi) is 4.90. The van der Waals surface area contributed by atoms with Crippen molar-refractivity contribution in [2.75, 3.05) is 7.11 Å². The second kappa shape index (κ2) is 5.97. The zero-order valence-corrected chi connectivity index (χ0v) is 10.5. The third-order valence-electron chi connectivity index (χ3n) is 2.05. The molecule has 1 rings (SSSR count). The van der Waals surface area contributed by atoms with Gasteiger partial charge in [-0.1, -0.05) is 17.7 Å². The van der Waals surface area contributed by atoms with Crippen LogP contribution in [0.25, 0.3) is 0 Å². The van der Waals surface area contributed by atoms with E-state index in [4.69, 9.17) is 27.9 Å². The van der Waals surface area contributed by atoms with Gasteiger partial charge in [0.15, 0.2) is 6.10 Å². The second-order valence-electron chi connectivity index (χ2n) is 3.13. The summed E-state index contributed by atoms with van der Waals surface area (Å²) in [5, 5.41) is 0.518. The number of benzene rings is 1. The number of hydrogen-bond acceptors (Lipinski definition) is 3. The lowest BCUT2D eigenvalue weighted by Crippen LogP contribution is -2.25. The predicted octanol–water partition coefficient (Wildman–Crippen LogP) is 3.02. The van der Waals surface area contributed by atoms with Crippen molar-refractivity contribution in [1.29, 1.82) is 0 Å². The topological polar surface area (TPSA) is 35.5 Å². The van der Waals surface area contributed by atoms with Gasteiger partial charge in [0.1, 0.15) is 5.75 Å². The average Bonchev–Trinajstić information content (AvgIpc) is 2.28. The standard InChI is InChI=1S/C11H12Cl2O3/c1-7(11(14)15-2)16-10-5-3-4-9(13)8(10)6-12/h3-5,7H,6H2,1-2H3. The highest BCUT2D eigenvalue weighted by Gasteiger charge is 2.17. The van der Waals surface area contributed by atoms with Crippen LogP contribution in [0.1, 0.15) is 12.5 Å². The van der Waals surface area contributed by atoms with Crippen molar-refractivity contribution in [2.45, 2.75) is 18.9 Å². The predicted molar refractivity (Wildman–Crippen MR) is 63.1 cm³/mol. The Hall–Kier alpha value is -0.930. The summed E-state index contributed by atoms with van der Waals surface area (Å²) in [7, 11) is 1.31. The maximum Gasteiger partial charge on any atom is 0.346 e. The fourth-order valence-corrected chi connectivity index (χ4v) is 1.76. The molecule has 0 amide bonds. The molecule has 0 aliphatic carbocycles. The highest BCUT2D eigenvalue weighted by atomic mass is 35.5. The van der Waals surface area contributed by atoms with E-state index in [1.165, 1.54) is 7.11 Å². The van der Waals surface area contributed by atoms with Gasteiger partial charge in [0.2, 0.25) is 0 Å². The summed E-state index contributed by atoms with van der Waals surface area (Å²) in [5.74, 6) is 0.281. The molecule has 1 aromatic rings. The minimum atomic E-state index is -0.689. The first-order valence-electron chi connectivity index (χ1n) is 4.68. The van der Waals surface area contributed by atoms with Crippen LogP contribution in [0, 0.1) is 0 Å². The summed E-state index contributed by atoms with van der Waals surface area (Å²) in [6, 6.07) is 5.16. The molecule has 0 aromatic heterocycles. The Bertz CT molecular complexity index is 379. The Labute approximate surface area is 104 Å². The molecule has 0 heterocycles. The minimum absolute atomic E-state index is 0.225. The lowest BCUT2D eigenvalue weighted by atomic mass is 10.2. The highest BCUT2D eigenvalue weighted by Crippen LogP contribution is 2.28. The third-order valence-corrected chi connectivity index (χ3v) is 2.67.